The Morgan fingerprint density at radius 1 is 0.962 bits per heavy atom. The van der Waals surface area contributed by atoms with Crippen LogP contribution in [0.15, 0.2) is 48.5 Å². The Bertz CT molecular complexity index is 822. The lowest BCUT2D eigenvalue weighted by Gasteiger charge is -2.21. The molecule has 0 saturated carbocycles. The summed E-state index contributed by atoms with van der Waals surface area (Å²) in [4.78, 5) is 38.3. The number of hydrogen-bond donors (Lipinski definition) is 0. The summed E-state index contributed by atoms with van der Waals surface area (Å²) in [5, 5.41) is 0. The molecule has 2 atom stereocenters. The molecule has 5 nitrogen and oxygen atoms in total. The van der Waals surface area contributed by atoms with E-state index in [-0.39, 0.29) is 0 Å². The molecule has 0 N–H and O–H groups in total. The van der Waals surface area contributed by atoms with E-state index in [4.69, 9.17) is 4.74 Å². The van der Waals surface area contributed by atoms with Crippen LogP contribution in [0.4, 0.5) is 0 Å². The number of hydrogen-bond acceptors (Lipinski definition) is 4. The summed E-state index contributed by atoms with van der Waals surface area (Å²) in [6, 6.07) is 12.8. The third kappa shape index (κ3) is 3.12. The zero-order valence-corrected chi connectivity index (χ0v) is 15.1. The van der Waals surface area contributed by atoms with Gasteiger partial charge < -0.3 is 4.74 Å². The third-order valence-corrected chi connectivity index (χ3v) is 4.83. The summed E-state index contributed by atoms with van der Waals surface area (Å²) in [6.07, 6.45) is 1.02. The standard InChI is InChI=1S/C21H21NO4/c1-4-13(2)15-9-11-16(12-10-15)26-21(25)14(3)22-19(23)17-7-5-6-8-18(17)20(22)24/h5-14H,4H2,1-3H3/t13-,14-/m1/s1. The minimum absolute atomic E-state index is 0.315. The summed E-state index contributed by atoms with van der Waals surface area (Å²) in [6.45, 7) is 5.74. The lowest BCUT2D eigenvalue weighted by molar-refractivity contribution is -0.138. The molecular weight excluding hydrogens is 330 g/mol. The highest BCUT2D eigenvalue weighted by atomic mass is 16.5. The molecule has 0 aliphatic carbocycles. The molecule has 0 fully saturated rings. The van der Waals surface area contributed by atoms with Gasteiger partial charge in [0.25, 0.3) is 11.8 Å². The first-order chi connectivity index (χ1) is 12.4. The van der Waals surface area contributed by atoms with Crippen LogP contribution in [0.2, 0.25) is 0 Å². The van der Waals surface area contributed by atoms with Crippen molar-refractivity contribution in [1.29, 1.82) is 0 Å². The fraction of sp³-hybridized carbons (Fsp3) is 0.286. The summed E-state index contributed by atoms with van der Waals surface area (Å²) in [5.74, 6) is -0.761. The topological polar surface area (TPSA) is 63.7 Å². The number of esters is 1. The molecule has 0 radical (unpaired) electrons. The van der Waals surface area contributed by atoms with Crippen LogP contribution < -0.4 is 4.74 Å². The van der Waals surface area contributed by atoms with Crippen molar-refractivity contribution >= 4 is 17.8 Å². The molecule has 0 spiro atoms. The SMILES string of the molecule is CC[C@@H](C)c1ccc(OC(=O)[C@@H](C)N2C(=O)c3ccccc3C2=O)cc1. The molecule has 5 heteroatoms. The van der Waals surface area contributed by atoms with Crippen molar-refractivity contribution in [2.75, 3.05) is 0 Å². The summed E-state index contributed by atoms with van der Waals surface area (Å²) in [5.41, 5.74) is 1.80. The highest BCUT2D eigenvalue weighted by molar-refractivity contribution is 6.22. The van der Waals surface area contributed by atoms with Crippen LogP contribution in [0.25, 0.3) is 0 Å². The van der Waals surface area contributed by atoms with Crippen LogP contribution >= 0.6 is 0 Å². The predicted octanol–water partition coefficient (Wildman–Crippen LogP) is 3.79. The first-order valence-corrected chi connectivity index (χ1v) is 8.72. The largest absolute Gasteiger partial charge is 0.425 e. The highest BCUT2D eigenvalue weighted by Gasteiger charge is 2.41. The number of rotatable bonds is 5. The third-order valence-electron chi connectivity index (χ3n) is 4.83. The van der Waals surface area contributed by atoms with Gasteiger partial charge in [-0.15, -0.1) is 0 Å². The molecule has 0 bridgehead atoms. The van der Waals surface area contributed by atoms with Gasteiger partial charge in [-0.05, 0) is 49.1 Å². The van der Waals surface area contributed by atoms with E-state index < -0.39 is 23.8 Å². The van der Waals surface area contributed by atoms with Gasteiger partial charge in [0.1, 0.15) is 11.8 Å². The molecule has 1 aliphatic rings. The Hall–Kier alpha value is -2.95. The summed E-state index contributed by atoms with van der Waals surface area (Å²) in [7, 11) is 0. The van der Waals surface area contributed by atoms with Gasteiger partial charge >= 0.3 is 5.97 Å². The molecule has 3 rings (SSSR count). The lowest BCUT2D eigenvalue weighted by Crippen LogP contribution is -2.44. The summed E-state index contributed by atoms with van der Waals surface area (Å²) < 4.78 is 5.37. The predicted molar refractivity (Wildman–Crippen MR) is 97.2 cm³/mol. The average molecular weight is 351 g/mol. The number of imide groups is 1. The fourth-order valence-corrected chi connectivity index (χ4v) is 2.97. The Balaban J connectivity index is 1.73. The van der Waals surface area contributed by atoms with Gasteiger partial charge in [-0.25, -0.2) is 4.79 Å². The highest BCUT2D eigenvalue weighted by Crippen LogP contribution is 2.26. The average Bonchev–Trinajstić information content (AvgIpc) is 2.92. The number of benzene rings is 2. The van der Waals surface area contributed by atoms with Gasteiger partial charge in [0.05, 0.1) is 11.1 Å². The number of carbonyl (C=O) groups is 3. The lowest BCUT2D eigenvalue weighted by atomic mass is 9.99. The minimum Gasteiger partial charge on any atom is -0.425 e. The van der Waals surface area contributed by atoms with Gasteiger partial charge in [-0.2, -0.15) is 0 Å². The van der Waals surface area contributed by atoms with Crippen molar-refractivity contribution in [3.63, 3.8) is 0 Å². The van der Waals surface area contributed by atoms with Crippen molar-refractivity contribution in [3.8, 4) is 5.75 Å². The Morgan fingerprint density at radius 2 is 1.50 bits per heavy atom. The van der Waals surface area contributed by atoms with E-state index in [0.717, 1.165) is 11.3 Å². The fourth-order valence-electron chi connectivity index (χ4n) is 2.97. The second kappa shape index (κ2) is 7.12. The van der Waals surface area contributed by atoms with E-state index in [1.807, 2.05) is 12.1 Å². The van der Waals surface area contributed by atoms with Crippen molar-refractivity contribution < 1.29 is 19.1 Å². The normalized spacial score (nSPS) is 15.6. The van der Waals surface area contributed by atoms with E-state index in [9.17, 15) is 14.4 Å². The summed E-state index contributed by atoms with van der Waals surface area (Å²) >= 11 is 0. The molecule has 0 aromatic heterocycles. The number of amides is 2. The molecule has 0 saturated heterocycles. The second-order valence-electron chi connectivity index (χ2n) is 6.50. The van der Waals surface area contributed by atoms with Gasteiger partial charge in [-0.1, -0.05) is 38.1 Å². The molecule has 2 aromatic carbocycles. The van der Waals surface area contributed by atoms with Gasteiger partial charge in [0, 0.05) is 0 Å². The Kier molecular flexibility index (Phi) is 4.89. The molecule has 1 aliphatic heterocycles. The maximum Gasteiger partial charge on any atom is 0.334 e. The van der Waals surface area contributed by atoms with Crippen LogP contribution in [0.5, 0.6) is 5.75 Å². The molecule has 134 valence electrons. The van der Waals surface area contributed by atoms with Crippen molar-refractivity contribution in [2.45, 2.75) is 39.2 Å². The van der Waals surface area contributed by atoms with Gasteiger partial charge in [0.2, 0.25) is 0 Å². The zero-order valence-electron chi connectivity index (χ0n) is 15.1. The maximum atomic E-state index is 12.5. The maximum absolute atomic E-state index is 12.5. The Labute approximate surface area is 152 Å². The Morgan fingerprint density at radius 3 is 2.00 bits per heavy atom. The zero-order chi connectivity index (χ0) is 18.8. The van der Waals surface area contributed by atoms with E-state index in [0.29, 0.717) is 22.8 Å². The molecular formula is C21H21NO4. The molecule has 2 aromatic rings. The van der Waals surface area contributed by atoms with Crippen molar-refractivity contribution in [3.05, 3.63) is 65.2 Å². The van der Waals surface area contributed by atoms with Crippen molar-refractivity contribution in [2.24, 2.45) is 0 Å². The number of fused-ring (bicyclic) bond motifs is 1. The quantitative estimate of drug-likeness (QED) is 0.467. The number of ether oxygens (including phenoxy) is 1. The smallest absolute Gasteiger partial charge is 0.334 e. The monoisotopic (exact) mass is 351 g/mol. The van der Waals surface area contributed by atoms with Crippen LogP contribution in [0, 0.1) is 0 Å². The van der Waals surface area contributed by atoms with Crippen LogP contribution in [-0.2, 0) is 4.79 Å². The van der Waals surface area contributed by atoms with E-state index >= 15 is 0 Å². The van der Waals surface area contributed by atoms with Crippen LogP contribution in [0.3, 0.4) is 0 Å². The first-order valence-electron chi connectivity index (χ1n) is 8.72. The van der Waals surface area contributed by atoms with Gasteiger partial charge in [0.15, 0.2) is 0 Å². The van der Waals surface area contributed by atoms with Crippen LogP contribution in [-0.4, -0.2) is 28.7 Å². The van der Waals surface area contributed by atoms with Crippen molar-refractivity contribution in [1.82, 2.24) is 4.90 Å². The van der Waals surface area contributed by atoms with E-state index in [1.165, 1.54) is 12.5 Å². The minimum atomic E-state index is -1.00. The molecule has 26 heavy (non-hydrogen) atoms. The van der Waals surface area contributed by atoms with Crippen LogP contribution in [0.1, 0.15) is 59.4 Å². The number of nitrogens with zero attached hydrogens (tertiary/aromatic N) is 1. The molecule has 0 unspecified atom stereocenters. The molecule has 2 amide bonds. The van der Waals surface area contributed by atoms with E-state index in [1.54, 1.807) is 36.4 Å². The number of carbonyl (C=O) groups excluding carboxylic acids is 3. The van der Waals surface area contributed by atoms with E-state index in [2.05, 4.69) is 13.8 Å². The van der Waals surface area contributed by atoms with Gasteiger partial charge in [-0.3, -0.25) is 14.5 Å². The molecule has 1 heterocycles. The second-order valence-corrected chi connectivity index (χ2v) is 6.50. The first kappa shape index (κ1) is 17.9.